The Balaban J connectivity index is 1.55. The molecule has 29 heavy (non-hydrogen) atoms. The summed E-state index contributed by atoms with van der Waals surface area (Å²) in [6, 6.07) is 12.4. The van der Waals surface area contributed by atoms with Gasteiger partial charge < -0.3 is 9.72 Å². The van der Waals surface area contributed by atoms with Gasteiger partial charge in [-0.25, -0.2) is 10.5 Å². The monoisotopic (exact) mass is 390 g/mol. The van der Waals surface area contributed by atoms with Gasteiger partial charge in [0.25, 0.3) is 0 Å². The van der Waals surface area contributed by atoms with Gasteiger partial charge in [-0.1, -0.05) is 25.3 Å². The molecule has 0 radical (unpaired) electrons. The standard InChI is InChI=1S/C22H26N6O/c1-29-16-10-11-17-18(21(24-20(17)13-16)14-6-3-2-4-7-14)12-15-8-5-9-19(23-15)22-25-27-28-26-22/h5,8-11,13-14,24,27-28H,2-4,6-7,12H2,1H3,(H,25,26). The molecule has 2 aromatic heterocycles. The van der Waals surface area contributed by atoms with Crippen LogP contribution in [-0.2, 0) is 6.42 Å². The number of amidine groups is 1. The van der Waals surface area contributed by atoms with E-state index in [0.29, 0.717) is 11.8 Å². The summed E-state index contributed by atoms with van der Waals surface area (Å²) < 4.78 is 5.44. The summed E-state index contributed by atoms with van der Waals surface area (Å²) in [6.07, 6.45) is 7.26. The van der Waals surface area contributed by atoms with E-state index in [1.807, 2.05) is 18.2 Å². The van der Waals surface area contributed by atoms with Crippen molar-refractivity contribution in [1.29, 1.82) is 0 Å². The van der Waals surface area contributed by atoms with E-state index in [1.54, 1.807) is 7.11 Å². The molecule has 3 heterocycles. The average Bonchev–Trinajstić information content (AvgIpc) is 3.43. The molecule has 150 valence electrons. The number of ether oxygens (including phenoxy) is 1. The first kappa shape index (κ1) is 18.0. The molecule has 7 nitrogen and oxygen atoms in total. The Hall–Kier alpha value is -3.06. The molecule has 5 rings (SSSR count). The van der Waals surface area contributed by atoms with E-state index in [2.05, 4.69) is 44.8 Å². The lowest BCUT2D eigenvalue weighted by Gasteiger charge is -2.22. The van der Waals surface area contributed by atoms with Crippen molar-refractivity contribution < 1.29 is 4.74 Å². The number of hydrazone groups is 1. The van der Waals surface area contributed by atoms with Gasteiger partial charge in [0.05, 0.1) is 7.11 Å². The molecular formula is C22H26N6O. The van der Waals surface area contributed by atoms with Crippen LogP contribution in [0.3, 0.4) is 0 Å². The number of rotatable bonds is 5. The molecule has 0 bridgehead atoms. The molecule has 0 atom stereocenters. The van der Waals surface area contributed by atoms with Crippen LogP contribution in [0.1, 0.15) is 60.7 Å². The van der Waals surface area contributed by atoms with Crippen molar-refractivity contribution in [3.8, 4) is 5.75 Å². The van der Waals surface area contributed by atoms with Crippen LogP contribution in [0.25, 0.3) is 10.9 Å². The van der Waals surface area contributed by atoms with Gasteiger partial charge in [-0.05, 0) is 48.6 Å². The van der Waals surface area contributed by atoms with Crippen LogP contribution in [0.15, 0.2) is 41.5 Å². The molecule has 1 aromatic carbocycles. The number of H-pyrrole nitrogens is 1. The molecule has 0 unspecified atom stereocenters. The SMILES string of the molecule is COc1ccc2c(Cc3cccc(C4=NNNN4)n3)c(C3CCCCC3)[nH]c2c1. The number of methoxy groups -OCH3 is 1. The van der Waals surface area contributed by atoms with E-state index < -0.39 is 0 Å². The Kier molecular flexibility index (Phi) is 4.81. The second-order valence-electron chi connectivity index (χ2n) is 7.78. The van der Waals surface area contributed by atoms with Gasteiger partial charge in [0, 0.05) is 34.8 Å². The van der Waals surface area contributed by atoms with Gasteiger partial charge in [-0.2, -0.15) is 0 Å². The Labute approximate surface area is 169 Å². The molecule has 4 N–H and O–H groups in total. The highest BCUT2D eigenvalue weighted by molar-refractivity contribution is 5.97. The molecule has 1 saturated carbocycles. The fourth-order valence-electron chi connectivity index (χ4n) is 4.52. The number of nitrogens with one attached hydrogen (secondary N) is 4. The minimum absolute atomic E-state index is 0.592. The average molecular weight is 390 g/mol. The molecule has 0 amide bonds. The van der Waals surface area contributed by atoms with Gasteiger partial charge in [0.1, 0.15) is 11.4 Å². The third-order valence-corrected chi connectivity index (χ3v) is 5.97. The zero-order valence-corrected chi connectivity index (χ0v) is 16.6. The lowest BCUT2D eigenvalue weighted by molar-refractivity contribution is 0.415. The minimum Gasteiger partial charge on any atom is -0.497 e. The number of aromatic amines is 1. The normalized spacial score (nSPS) is 17.1. The number of aromatic nitrogens is 2. The quantitative estimate of drug-likeness (QED) is 0.536. The topological polar surface area (TPSA) is 86.4 Å². The van der Waals surface area contributed by atoms with E-state index in [9.17, 15) is 0 Å². The molecule has 2 aliphatic rings. The lowest BCUT2D eigenvalue weighted by atomic mass is 9.84. The van der Waals surface area contributed by atoms with Crippen LogP contribution < -0.4 is 21.2 Å². The summed E-state index contributed by atoms with van der Waals surface area (Å²) in [5.74, 6) is 2.17. The van der Waals surface area contributed by atoms with Crippen LogP contribution in [0.2, 0.25) is 0 Å². The third-order valence-electron chi connectivity index (χ3n) is 5.97. The van der Waals surface area contributed by atoms with Gasteiger partial charge in [0.2, 0.25) is 0 Å². The van der Waals surface area contributed by atoms with Crippen molar-refractivity contribution in [2.75, 3.05) is 7.11 Å². The Morgan fingerprint density at radius 2 is 2.00 bits per heavy atom. The molecule has 7 heteroatoms. The highest BCUT2D eigenvalue weighted by Crippen LogP contribution is 2.38. The second-order valence-corrected chi connectivity index (χ2v) is 7.78. The van der Waals surface area contributed by atoms with E-state index in [4.69, 9.17) is 9.72 Å². The fraction of sp³-hybridized carbons (Fsp3) is 0.364. The van der Waals surface area contributed by atoms with Crippen LogP contribution in [-0.4, -0.2) is 22.9 Å². The largest absolute Gasteiger partial charge is 0.497 e. The number of nitrogens with zero attached hydrogens (tertiary/aromatic N) is 2. The van der Waals surface area contributed by atoms with Crippen molar-refractivity contribution in [2.45, 2.75) is 44.4 Å². The van der Waals surface area contributed by atoms with Gasteiger partial charge in [-0.15, -0.1) is 10.6 Å². The van der Waals surface area contributed by atoms with E-state index in [-0.39, 0.29) is 0 Å². The van der Waals surface area contributed by atoms with Crippen molar-refractivity contribution in [1.82, 2.24) is 26.5 Å². The number of benzene rings is 1. The number of hydrazine groups is 2. The molecule has 1 aliphatic carbocycles. The van der Waals surface area contributed by atoms with Crippen molar-refractivity contribution >= 4 is 16.7 Å². The maximum absolute atomic E-state index is 5.44. The summed E-state index contributed by atoms with van der Waals surface area (Å²) in [4.78, 5) is 8.58. The molecule has 0 saturated heterocycles. The maximum Gasteiger partial charge on any atom is 0.189 e. The predicted molar refractivity (Wildman–Crippen MR) is 114 cm³/mol. The Morgan fingerprint density at radius 1 is 1.10 bits per heavy atom. The molecule has 1 fully saturated rings. The summed E-state index contributed by atoms with van der Waals surface area (Å²) >= 11 is 0. The lowest BCUT2D eigenvalue weighted by Crippen LogP contribution is -2.35. The zero-order valence-electron chi connectivity index (χ0n) is 16.6. The molecular weight excluding hydrogens is 364 g/mol. The van der Waals surface area contributed by atoms with Crippen LogP contribution >= 0.6 is 0 Å². The highest BCUT2D eigenvalue weighted by Gasteiger charge is 2.23. The summed E-state index contributed by atoms with van der Waals surface area (Å²) in [7, 11) is 1.71. The number of fused-ring (bicyclic) bond motifs is 1. The van der Waals surface area contributed by atoms with Gasteiger partial charge in [0.15, 0.2) is 5.84 Å². The number of hydrogen-bond donors (Lipinski definition) is 4. The summed E-state index contributed by atoms with van der Waals surface area (Å²) in [6.45, 7) is 0. The minimum atomic E-state index is 0.592. The van der Waals surface area contributed by atoms with Crippen LogP contribution in [0.4, 0.5) is 0 Å². The summed E-state index contributed by atoms with van der Waals surface area (Å²) in [5.41, 5.74) is 14.2. The van der Waals surface area contributed by atoms with Crippen LogP contribution in [0.5, 0.6) is 5.75 Å². The van der Waals surface area contributed by atoms with Crippen molar-refractivity contribution in [3.05, 3.63) is 59.0 Å². The highest BCUT2D eigenvalue weighted by atomic mass is 16.5. The van der Waals surface area contributed by atoms with E-state index in [1.165, 1.54) is 48.7 Å². The first-order chi connectivity index (χ1) is 14.3. The van der Waals surface area contributed by atoms with E-state index in [0.717, 1.165) is 29.1 Å². The Morgan fingerprint density at radius 3 is 2.79 bits per heavy atom. The maximum atomic E-state index is 5.44. The predicted octanol–water partition coefficient (Wildman–Crippen LogP) is 3.48. The first-order valence-electron chi connectivity index (χ1n) is 10.3. The van der Waals surface area contributed by atoms with Gasteiger partial charge in [-0.3, -0.25) is 5.43 Å². The number of pyridine rings is 1. The number of hydrogen-bond acceptors (Lipinski definition) is 6. The molecule has 0 spiro atoms. The van der Waals surface area contributed by atoms with Crippen molar-refractivity contribution in [3.63, 3.8) is 0 Å². The van der Waals surface area contributed by atoms with Crippen LogP contribution in [0, 0.1) is 0 Å². The molecule has 3 aromatic rings. The van der Waals surface area contributed by atoms with E-state index >= 15 is 0 Å². The zero-order chi connectivity index (χ0) is 19.6. The summed E-state index contributed by atoms with van der Waals surface area (Å²) in [5, 5.41) is 5.43. The second kappa shape index (κ2) is 7.75. The van der Waals surface area contributed by atoms with Gasteiger partial charge >= 0.3 is 0 Å². The first-order valence-corrected chi connectivity index (χ1v) is 10.3. The smallest absolute Gasteiger partial charge is 0.189 e. The fourth-order valence-corrected chi connectivity index (χ4v) is 4.52. The molecule has 1 aliphatic heterocycles. The third kappa shape index (κ3) is 3.53. The van der Waals surface area contributed by atoms with Crippen molar-refractivity contribution in [2.24, 2.45) is 5.10 Å². The Bertz CT molecular complexity index is 1050.